The van der Waals surface area contributed by atoms with Gasteiger partial charge in [-0.25, -0.2) is 9.78 Å². The van der Waals surface area contributed by atoms with E-state index in [1.807, 2.05) is 45.0 Å². The molecule has 33 heavy (non-hydrogen) atoms. The number of imidazole rings is 1. The fraction of sp³-hybridized carbons (Fsp3) is 0.250. The maximum Gasteiger partial charge on any atom is 0.490 e. The number of nitrogens with one attached hydrogen (secondary N) is 2. The Bertz CT molecular complexity index is 1100. The fourth-order valence-corrected chi connectivity index (χ4v) is 3.26. The predicted octanol–water partition coefficient (Wildman–Crippen LogP) is 4.75. The normalized spacial score (nSPS) is 11.8. The third kappa shape index (κ3) is 7.75. The molecule has 0 aliphatic heterocycles. The van der Waals surface area contributed by atoms with E-state index in [1.165, 1.54) is 11.8 Å². The van der Waals surface area contributed by atoms with Gasteiger partial charge < -0.3 is 15.4 Å². The Morgan fingerprint density at radius 2 is 1.79 bits per heavy atom. The van der Waals surface area contributed by atoms with Crippen LogP contribution in [0.25, 0.3) is 0 Å². The van der Waals surface area contributed by atoms with Crippen molar-refractivity contribution in [1.29, 1.82) is 0 Å². The number of hydrogen-bond acceptors (Lipinski definition) is 6. The zero-order chi connectivity index (χ0) is 24.8. The zero-order valence-electron chi connectivity index (χ0n) is 17.6. The Balaban J connectivity index is 0.000000479. The number of rotatable bonds is 5. The van der Waals surface area contributed by atoms with Crippen molar-refractivity contribution in [2.24, 2.45) is 0 Å². The second-order valence-electron chi connectivity index (χ2n) is 6.62. The first-order valence-corrected chi connectivity index (χ1v) is 10.5. The number of hydrogen-bond donors (Lipinski definition) is 3. The highest BCUT2D eigenvalue weighted by molar-refractivity contribution is 7.99. The maximum atomic E-state index is 12.4. The molecule has 3 aromatic rings. The molecule has 1 atom stereocenters. The summed E-state index contributed by atoms with van der Waals surface area (Å²) < 4.78 is 31.7. The van der Waals surface area contributed by atoms with Gasteiger partial charge in [-0.3, -0.25) is 4.79 Å². The van der Waals surface area contributed by atoms with Gasteiger partial charge in [0.1, 0.15) is 10.9 Å². The van der Waals surface area contributed by atoms with Gasteiger partial charge in [0.15, 0.2) is 5.69 Å². The minimum absolute atomic E-state index is 0.250. The van der Waals surface area contributed by atoms with Crippen LogP contribution in [0.5, 0.6) is 0 Å². The van der Waals surface area contributed by atoms with Gasteiger partial charge in [-0.05, 0) is 45.0 Å². The molecule has 0 spiro atoms. The molecule has 3 N–H and O–H groups in total. The molecule has 0 bridgehead atoms. The summed E-state index contributed by atoms with van der Waals surface area (Å²) in [5, 5.41) is 19.4. The van der Waals surface area contributed by atoms with Gasteiger partial charge in [-0.15, -0.1) is 10.2 Å². The first-order chi connectivity index (χ1) is 15.4. The monoisotopic (exact) mass is 501 g/mol. The van der Waals surface area contributed by atoms with Gasteiger partial charge in [0.25, 0.3) is 5.91 Å². The Kier molecular flexibility index (Phi) is 8.83. The van der Waals surface area contributed by atoms with Gasteiger partial charge in [-0.2, -0.15) is 13.2 Å². The molecule has 0 aliphatic rings. The molecule has 1 unspecified atom stereocenters. The van der Waals surface area contributed by atoms with Gasteiger partial charge in [0, 0.05) is 10.6 Å². The van der Waals surface area contributed by atoms with Crippen molar-refractivity contribution in [2.45, 2.75) is 42.9 Å². The van der Waals surface area contributed by atoms with Crippen LogP contribution >= 0.6 is 23.4 Å². The zero-order valence-corrected chi connectivity index (χ0v) is 19.1. The van der Waals surface area contributed by atoms with Crippen molar-refractivity contribution >= 4 is 35.2 Å². The molecule has 3 rings (SSSR count). The van der Waals surface area contributed by atoms with Crippen LogP contribution in [0.15, 0.2) is 46.3 Å². The second-order valence-corrected chi connectivity index (χ2v) is 8.09. The van der Waals surface area contributed by atoms with Crippen molar-refractivity contribution in [2.75, 3.05) is 0 Å². The SMILES string of the molecule is Cc1nc(C(C)NC(=O)c2ccc(Sc3ccccc3Cl)nn2)[nH]c1C.O=C(O)C(F)(F)F. The molecule has 2 heterocycles. The Labute approximate surface area is 196 Å². The quantitative estimate of drug-likeness (QED) is 0.461. The smallest absolute Gasteiger partial charge is 0.475 e. The summed E-state index contributed by atoms with van der Waals surface area (Å²) >= 11 is 7.54. The first-order valence-electron chi connectivity index (χ1n) is 9.28. The molecule has 0 saturated carbocycles. The minimum atomic E-state index is -5.08. The second kappa shape index (κ2) is 11.1. The van der Waals surface area contributed by atoms with E-state index in [0.717, 1.165) is 16.3 Å². The molecule has 0 aliphatic carbocycles. The topological polar surface area (TPSA) is 121 Å². The number of aromatic amines is 1. The summed E-state index contributed by atoms with van der Waals surface area (Å²) in [5.41, 5.74) is 2.16. The number of aryl methyl sites for hydroxylation is 2. The molecule has 0 fully saturated rings. The van der Waals surface area contributed by atoms with E-state index in [0.29, 0.717) is 15.9 Å². The van der Waals surface area contributed by atoms with Crippen LogP contribution in [0.3, 0.4) is 0 Å². The van der Waals surface area contributed by atoms with Crippen LogP contribution < -0.4 is 5.32 Å². The first kappa shape index (κ1) is 26.1. The lowest BCUT2D eigenvalue weighted by Crippen LogP contribution is -2.28. The van der Waals surface area contributed by atoms with E-state index in [4.69, 9.17) is 21.5 Å². The Hall–Kier alpha value is -3.12. The van der Waals surface area contributed by atoms with E-state index in [1.54, 1.807) is 12.1 Å². The van der Waals surface area contributed by atoms with E-state index in [2.05, 4.69) is 25.5 Å². The van der Waals surface area contributed by atoms with Crippen molar-refractivity contribution in [3.63, 3.8) is 0 Å². The average Bonchev–Trinajstić information content (AvgIpc) is 3.08. The summed E-state index contributed by atoms with van der Waals surface area (Å²) in [6.07, 6.45) is -5.08. The number of benzene rings is 1. The minimum Gasteiger partial charge on any atom is -0.475 e. The lowest BCUT2D eigenvalue weighted by molar-refractivity contribution is -0.192. The summed E-state index contributed by atoms with van der Waals surface area (Å²) in [5.74, 6) is -2.34. The number of carboxylic acid groups (broad SMARTS) is 1. The summed E-state index contributed by atoms with van der Waals surface area (Å²) in [4.78, 5) is 29.7. The standard InChI is InChI=1S/C18H18ClN5OS.C2HF3O2/c1-10-11(2)21-17(20-10)12(3)22-18(25)14-8-9-16(24-23-14)26-15-7-5-4-6-13(15)19;3-2(4,5)1(6)7/h4-9,12H,1-3H3,(H,20,21)(H,22,25);(H,6,7). The summed E-state index contributed by atoms with van der Waals surface area (Å²) in [6, 6.07) is 10.6. The van der Waals surface area contributed by atoms with Crippen LogP contribution in [0, 0.1) is 13.8 Å². The maximum absolute atomic E-state index is 12.4. The molecule has 8 nitrogen and oxygen atoms in total. The lowest BCUT2D eigenvalue weighted by Gasteiger charge is -2.11. The molecular weight excluding hydrogens is 483 g/mol. The van der Waals surface area contributed by atoms with Crippen molar-refractivity contribution in [1.82, 2.24) is 25.5 Å². The van der Waals surface area contributed by atoms with Crippen molar-refractivity contribution < 1.29 is 27.9 Å². The molecule has 2 aromatic heterocycles. The number of alkyl halides is 3. The van der Waals surface area contributed by atoms with E-state index in [-0.39, 0.29) is 17.6 Å². The van der Waals surface area contributed by atoms with Gasteiger partial charge in [0.2, 0.25) is 0 Å². The van der Waals surface area contributed by atoms with E-state index in [9.17, 15) is 18.0 Å². The predicted molar refractivity (Wildman–Crippen MR) is 115 cm³/mol. The highest BCUT2D eigenvalue weighted by Crippen LogP contribution is 2.31. The number of aromatic nitrogens is 4. The molecule has 1 amide bonds. The largest absolute Gasteiger partial charge is 0.490 e. The van der Waals surface area contributed by atoms with Crippen LogP contribution in [0.4, 0.5) is 13.2 Å². The van der Waals surface area contributed by atoms with Gasteiger partial charge in [-0.1, -0.05) is 35.5 Å². The number of amides is 1. The van der Waals surface area contributed by atoms with Crippen LogP contribution in [0.2, 0.25) is 5.02 Å². The number of carboxylic acids is 1. The molecule has 1 aromatic carbocycles. The van der Waals surface area contributed by atoms with Gasteiger partial charge >= 0.3 is 12.1 Å². The molecule has 176 valence electrons. The average molecular weight is 502 g/mol. The third-order valence-corrected chi connectivity index (χ3v) is 5.52. The van der Waals surface area contributed by atoms with Crippen molar-refractivity contribution in [3.05, 3.63) is 64.3 Å². The Morgan fingerprint density at radius 3 is 2.27 bits per heavy atom. The van der Waals surface area contributed by atoms with Gasteiger partial charge in [0.05, 0.1) is 16.8 Å². The summed E-state index contributed by atoms with van der Waals surface area (Å²) in [7, 11) is 0. The number of carbonyl (C=O) groups is 2. The number of H-pyrrole nitrogens is 1. The third-order valence-electron chi connectivity index (χ3n) is 4.07. The molecule has 0 saturated heterocycles. The van der Waals surface area contributed by atoms with Crippen LogP contribution in [-0.4, -0.2) is 43.3 Å². The lowest BCUT2D eigenvalue weighted by atomic mass is 10.3. The van der Waals surface area contributed by atoms with E-state index < -0.39 is 12.1 Å². The summed E-state index contributed by atoms with van der Waals surface area (Å²) in [6.45, 7) is 5.73. The highest BCUT2D eigenvalue weighted by atomic mass is 35.5. The van der Waals surface area contributed by atoms with Crippen molar-refractivity contribution in [3.8, 4) is 0 Å². The highest BCUT2D eigenvalue weighted by Gasteiger charge is 2.38. The van der Waals surface area contributed by atoms with Crippen LogP contribution in [-0.2, 0) is 4.79 Å². The van der Waals surface area contributed by atoms with E-state index >= 15 is 0 Å². The number of carbonyl (C=O) groups excluding carboxylic acids is 1. The molecular formula is C20H19ClF3N5O3S. The molecule has 13 heteroatoms. The number of halogens is 4. The number of nitrogens with zero attached hydrogens (tertiary/aromatic N) is 3. The van der Waals surface area contributed by atoms with Crippen LogP contribution in [0.1, 0.15) is 40.7 Å². The molecule has 0 radical (unpaired) electrons. The fourth-order valence-electron chi connectivity index (χ4n) is 2.25. The number of aliphatic carboxylic acids is 1. The Morgan fingerprint density at radius 1 is 1.15 bits per heavy atom.